The predicted molar refractivity (Wildman–Crippen MR) is 80.3 cm³/mol. The fourth-order valence-electron chi connectivity index (χ4n) is 5.40. The van der Waals surface area contributed by atoms with E-state index in [4.69, 9.17) is 5.73 Å². The number of rotatable bonds is 3. The van der Waals surface area contributed by atoms with Crippen LogP contribution in [0.2, 0.25) is 0 Å². The molecule has 0 saturated heterocycles. The Morgan fingerprint density at radius 2 is 1.75 bits per heavy atom. The molecule has 0 aromatic carbocycles. The summed E-state index contributed by atoms with van der Waals surface area (Å²) in [5.74, 6) is 4.45. The molecule has 0 unspecified atom stereocenters. The summed E-state index contributed by atoms with van der Waals surface area (Å²) in [6, 6.07) is 0. The topological polar surface area (TPSA) is 63.8 Å². The largest absolute Gasteiger partial charge is 0.383 e. The monoisotopic (exact) mass is 272 g/mol. The van der Waals surface area contributed by atoms with Crippen LogP contribution in [0.15, 0.2) is 6.33 Å². The molecule has 0 aliphatic heterocycles. The van der Waals surface area contributed by atoms with Crippen LogP contribution in [0.4, 0.5) is 11.6 Å². The minimum Gasteiger partial charge on any atom is -0.383 e. The van der Waals surface area contributed by atoms with Crippen LogP contribution in [0.25, 0.3) is 0 Å². The molecule has 4 saturated carbocycles. The minimum absolute atomic E-state index is 0.291. The molecule has 1 heterocycles. The Morgan fingerprint density at radius 1 is 1.15 bits per heavy atom. The number of hydrogen-bond acceptors (Lipinski definition) is 4. The van der Waals surface area contributed by atoms with E-state index in [-0.39, 0.29) is 0 Å². The first-order valence-corrected chi connectivity index (χ1v) is 8.05. The number of aromatic nitrogens is 2. The van der Waals surface area contributed by atoms with Gasteiger partial charge < -0.3 is 11.1 Å². The lowest BCUT2D eigenvalue weighted by Crippen LogP contribution is -2.55. The Hall–Kier alpha value is -1.32. The van der Waals surface area contributed by atoms with Crippen LogP contribution < -0.4 is 11.1 Å². The van der Waals surface area contributed by atoms with Gasteiger partial charge >= 0.3 is 0 Å². The summed E-state index contributed by atoms with van der Waals surface area (Å²) < 4.78 is 0. The lowest BCUT2D eigenvalue weighted by molar-refractivity contribution is 0.0105. The highest BCUT2D eigenvalue weighted by atomic mass is 15.1. The lowest BCUT2D eigenvalue weighted by Gasteiger charge is -2.57. The van der Waals surface area contributed by atoms with Gasteiger partial charge in [0.1, 0.15) is 18.0 Å². The Balaban J connectivity index is 1.64. The van der Waals surface area contributed by atoms with E-state index in [0.717, 1.165) is 35.6 Å². The van der Waals surface area contributed by atoms with Crippen molar-refractivity contribution in [3.63, 3.8) is 0 Å². The second kappa shape index (κ2) is 4.34. The average Bonchev–Trinajstić information content (AvgIpc) is 2.36. The summed E-state index contributed by atoms with van der Waals surface area (Å²) in [4.78, 5) is 8.62. The highest BCUT2D eigenvalue weighted by molar-refractivity contribution is 5.56. The van der Waals surface area contributed by atoms with E-state index in [1.807, 2.05) is 0 Å². The van der Waals surface area contributed by atoms with Gasteiger partial charge in [0.15, 0.2) is 0 Å². The van der Waals surface area contributed by atoms with Gasteiger partial charge in [0.2, 0.25) is 0 Å². The molecule has 4 aliphatic rings. The van der Waals surface area contributed by atoms with Gasteiger partial charge in [-0.3, -0.25) is 0 Å². The van der Waals surface area contributed by atoms with Gasteiger partial charge in [0, 0.05) is 11.1 Å². The molecule has 4 nitrogen and oxygen atoms in total. The summed E-state index contributed by atoms with van der Waals surface area (Å²) in [5.41, 5.74) is 7.39. The molecule has 0 spiro atoms. The maximum Gasteiger partial charge on any atom is 0.135 e. The fraction of sp³-hybridized carbons (Fsp3) is 0.750. The smallest absolute Gasteiger partial charge is 0.135 e. The zero-order valence-electron chi connectivity index (χ0n) is 12.2. The quantitative estimate of drug-likeness (QED) is 0.888. The first kappa shape index (κ1) is 12.4. The van der Waals surface area contributed by atoms with Gasteiger partial charge in [0.25, 0.3) is 0 Å². The Morgan fingerprint density at radius 3 is 2.30 bits per heavy atom. The second-order valence-corrected chi connectivity index (χ2v) is 7.26. The molecule has 0 atom stereocenters. The van der Waals surface area contributed by atoms with E-state index in [1.165, 1.54) is 38.5 Å². The van der Waals surface area contributed by atoms with E-state index < -0.39 is 0 Å². The number of nitrogen functional groups attached to an aromatic ring is 1. The summed E-state index contributed by atoms with van der Waals surface area (Å²) >= 11 is 0. The average molecular weight is 272 g/mol. The molecular formula is C16H24N4. The molecule has 4 aliphatic carbocycles. The maximum atomic E-state index is 6.01. The molecule has 0 amide bonds. The lowest BCUT2D eigenvalue weighted by atomic mass is 9.53. The van der Waals surface area contributed by atoms with Crippen molar-refractivity contribution in [3.05, 3.63) is 11.9 Å². The van der Waals surface area contributed by atoms with Crippen LogP contribution in [-0.2, 0) is 6.42 Å². The first-order valence-electron chi connectivity index (χ1n) is 8.05. The Kier molecular flexibility index (Phi) is 2.69. The van der Waals surface area contributed by atoms with Crippen molar-refractivity contribution in [1.29, 1.82) is 0 Å². The summed E-state index contributed by atoms with van der Waals surface area (Å²) in [6.07, 6.45) is 10.9. The number of nitrogens with zero attached hydrogens (tertiary/aromatic N) is 2. The second-order valence-electron chi connectivity index (χ2n) is 7.26. The van der Waals surface area contributed by atoms with Crippen LogP contribution in [-0.4, -0.2) is 15.5 Å². The number of nitrogens with two attached hydrogens (primary N) is 1. The zero-order chi connectivity index (χ0) is 13.7. The Bertz CT molecular complexity index is 490. The Labute approximate surface area is 120 Å². The van der Waals surface area contributed by atoms with Crippen LogP contribution in [0.3, 0.4) is 0 Å². The third-order valence-corrected chi connectivity index (χ3v) is 5.75. The van der Waals surface area contributed by atoms with E-state index in [1.54, 1.807) is 6.33 Å². The standard InChI is InChI=1S/C16H24N4/c1-2-13-14(17)18-9-19-15(13)20-16-6-10-3-11(7-16)5-12(4-10)8-16/h9-12H,2-8H2,1H3,(H3,17,18,19,20). The molecule has 0 radical (unpaired) electrons. The van der Waals surface area contributed by atoms with Crippen molar-refractivity contribution in [2.24, 2.45) is 17.8 Å². The number of hydrogen-bond donors (Lipinski definition) is 2. The molecule has 4 heteroatoms. The van der Waals surface area contributed by atoms with E-state index in [0.29, 0.717) is 11.4 Å². The van der Waals surface area contributed by atoms with Crippen molar-refractivity contribution < 1.29 is 0 Å². The molecule has 20 heavy (non-hydrogen) atoms. The molecule has 3 N–H and O–H groups in total. The third kappa shape index (κ3) is 1.88. The molecule has 4 bridgehead atoms. The number of anilines is 2. The van der Waals surface area contributed by atoms with Gasteiger partial charge in [-0.2, -0.15) is 0 Å². The van der Waals surface area contributed by atoms with E-state index in [2.05, 4.69) is 22.2 Å². The third-order valence-electron chi connectivity index (χ3n) is 5.75. The van der Waals surface area contributed by atoms with Crippen molar-refractivity contribution in [1.82, 2.24) is 9.97 Å². The SMILES string of the molecule is CCc1c(N)ncnc1NC12CC3CC(CC(C3)C1)C2. The van der Waals surface area contributed by atoms with Crippen molar-refractivity contribution in [2.75, 3.05) is 11.1 Å². The molecule has 1 aromatic heterocycles. The predicted octanol–water partition coefficient (Wildman–Crippen LogP) is 3.00. The van der Waals surface area contributed by atoms with Gasteiger partial charge in [-0.1, -0.05) is 6.92 Å². The fourth-order valence-corrected chi connectivity index (χ4v) is 5.40. The molecule has 1 aromatic rings. The van der Waals surface area contributed by atoms with Crippen LogP contribution in [0, 0.1) is 17.8 Å². The molecule has 108 valence electrons. The maximum absolute atomic E-state index is 6.01. The highest BCUT2D eigenvalue weighted by Crippen LogP contribution is 2.56. The van der Waals surface area contributed by atoms with Crippen molar-refractivity contribution >= 4 is 11.6 Å². The van der Waals surface area contributed by atoms with Gasteiger partial charge in [-0.05, 0) is 62.7 Å². The van der Waals surface area contributed by atoms with Crippen molar-refractivity contribution in [2.45, 2.75) is 57.4 Å². The van der Waals surface area contributed by atoms with Crippen LogP contribution in [0.5, 0.6) is 0 Å². The zero-order valence-corrected chi connectivity index (χ0v) is 12.2. The van der Waals surface area contributed by atoms with Crippen molar-refractivity contribution in [3.8, 4) is 0 Å². The van der Waals surface area contributed by atoms with Gasteiger partial charge in [-0.15, -0.1) is 0 Å². The molecule has 4 fully saturated rings. The van der Waals surface area contributed by atoms with E-state index >= 15 is 0 Å². The summed E-state index contributed by atoms with van der Waals surface area (Å²) in [6.45, 7) is 2.12. The van der Waals surface area contributed by atoms with Gasteiger partial charge in [-0.25, -0.2) is 9.97 Å². The molecular weight excluding hydrogens is 248 g/mol. The minimum atomic E-state index is 0.291. The van der Waals surface area contributed by atoms with Crippen LogP contribution in [0.1, 0.15) is 51.0 Å². The highest BCUT2D eigenvalue weighted by Gasteiger charge is 2.51. The van der Waals surface area contributed by atoms with Gasteiger partial charge in [0.05, 0.1) is 0 Å². The van der Waals surface area contributed by atoms with Crippen LogP contribution >= 0.6 is 0 Å². The first-order chi connectivity index (χ1) is 9.67. The summed E-state index contributed by atoms with van der Waals surface area (Å²) in [7, 11) is 0. The van der Waals surface area contributed by atoms with E-state index in [9.17, 15) is 0 Å². The summed E-state index contributed by atoms with van der Waals surface area (Å²) in [5, 5.41) is 3.82. The number of nitrogens with one attached hydrogen (secondary N) is 1. The molecule has 5 rings (SSSR count). The normalized spacial score (nSPS) is 38.1.